The second kappa shape index (κ2) is 8.08. The lowest BCUT2D eigenvalue weighted by molar-refractivity contribution is -0.117. The van der Waals surface area contributed by atoms with Crippen LogP contribution in [0.3, 0.4) is 0 Å². The highest BCUT2D eigenvalue weighted by Crippen LogP contribution is 2.28. The summed E-state index contributed by atoms with van der Waals surface area (Å²) in [7, 11) is -3.69. The molecular weight excluding hydrogens is 384 g/mol. The van der Waals surface area contributed by atoms with Gasteiger partial charge in [0.2, 0.25) is 15.9 Å². The van der Waals surface area contributed by atoms with E-state index in [4.69, 9.17) is 16.7 Å². The Bertz CT molecular complexity index is 1010. The Balaban J connectivity index is 1.48. The van der Waals surface area contributed by atoms with Gasteiger partial charge >= 0.3 is 0 Å². The normalized spacial score (nSPS) is 13.9. The van der Waals surface area contributed by atoms with E-state index in [0.29, 0.717) is 30.0 Å². The molecule has 0 fully saturated rings. The zero-order valence-electron chi connectivity index (χ0n) is 14.5. The molecule has 0 atom stereocenters. The van der Waals surface area contributed by atoms with Crippen molar-refractivity contribution < 1.29 is 13.2 Å². The zero-order chi connectivity index (χ0) is 19.4. The van der Waals surface area contributed by atoms with E-state index in [1.165, 1.54) is 12.1 Å². The molecule has 5 nitrogen and oxygen atoms in total. The summed E-state index contributed by atoms with van der Waals surface area (Å²) >= 11 is 5.90. The first-order chi connectivity index (χ1) is 12.8. The van der Waals surface area contributed by atoms with Gasteiger partial charge in [0.05, 0.1) is 4.90 Å². The zero-order valence-corrected chi connectivity index (χ0v) is 16.1. The Morgan fingerprint density at radius 1 is 1.04 bits per heavy atom. The fraction of sp³-hybridized carbons (Fsp3) is 0.150. The number of rotatable bonds is 6. The van der Waals surface area contributed by atoms with Gasteiger partial charge in [0.25, 0.3) is 0 Å². The van der Waals surface area contributed by atoms with Gasteiger partial charge in [-0.15, -0.1) is 0 Å². The number of carbonyl (C=O) groups excluding carboxylic acids is 1. The van der Waals surface area contributed by atoms with Gasteiger partial charge in [-0.25, -0.2) is 13.6 Å². The molecule has 2 aromatic rings. The average Bonchev–Trinajstić information content (AvgIpc) is 3.12. The number of hydrogen-bond acceptors (Lipinski definition) is 3. The molecule has 7 heteroatoms. The highest BCUT2D eigenvalue weighted by molar-refractivity contribution is 7.89. The molecule has 1 aliphatic carbocycles. The van der Waals surface area contributed by atoms with E-state index >= 15 is 0 Å². The molecule has 3 rings (SSSR count). The highest BCUT2D eigenvalue weighted by atomic mass is 35.5. The second-order valence-corrected chi connectivity index (χ2v) is 8.26. The Morgan fingerprint density at radius 2 is 1.70 bits per heavy atom. The first-order valence-corrected chi connectivity index (χ1v) is 10.3. The lowest BCUT2D eigenvalue weighted by Gasteiger charge is -2.08. The van der Waals surface area contributed by atoms with Crippen LogP contribution < -0.4 is 10.5 Å². The van der Waals surface area contributed by atoms with E-state index in [1.807, 2.05) is 36.4 Å². The van der Waals surface area contributed by atoms with Gasteiger partial charge in [0.15, 0.2) is 0 Å². The van der Waals surface area contributed by atoms with Crippen LogP contribution in [0, 0.1) is 0 Å². The summed E-state index contributed by atoms with van der Waals surface area (Å²) in [4.78, 5) is 12.4. The Hall–Kier alpha value is -2.41. The summed E-state index contributed by atoms with van der Waals surface area (Å²) in [6, 6.07) is 13.9. The van der Waals surface area contributed by atoms with Crippen molar-refractivity contribution in [3.63, 3.8) is 0 Å². The third kappa shape index (κ3) is 5.07. The molecule has 0 bridgehead atoms. The van der Waals surface area contributed by atoms with Crippen LogP contribution in [0.2, 0.25) is 5.02 Å². The molecule has 1 aliphatic rings. The van der Waals surface area contributed by atoms with Gasteiger partial charge in [-0.3, -0.25) is 4.79 Å². The number of benzene rings is 2. The predicted octanol–water partition coefficient (Wildman–Crippen LogP) is 3.06. The maximum atomic E-state index is 12.3. The van der Waals surface area contributed by atoms with Crippen LogP contribution >= 0.6 is 11.6 Å². The minimum atomic E-state index is -3.69. The summed E-state index contributed by atoms with van der Waals surface area (Å²) in [6.07, 6.45) is 4.96. The molecule has 27 heavy (non-hydrogen) atoms. The standard InChI is InChI=1S/C20H19ClN2O3S/c21-18-7-5-15(6-8-18)16-3-4-17(13-16)20(24)23-12-11-14-1-9-19(10-2-14)27(22,25)26/h1-10H,11-13H2,(H,23,24)(H2,22,25,26). The maximum absolute atomic E-state index is 12.3. The number of halogens is 1. The monoisotopic (exact) mass is 402 g/mol. The fourth-order valence-corrected chi connectivity index (χ4v) is 3.46. The molecule has 2 aromatic carbocycles. The molecular formula is C20H19ClN2O3S. The lowest BCUT2D eigenvalue weighted by Crippen LogP contribution is -2.26. The number of amides is 1. The van der Waals surface area contributed by atoms with Crippen molar-refractivity contribution in [1.29, 1.82) is 0 Å². The number of sulfonamides is 1. The van der Waals surface area contributed by atoms with Crippen molar-refractivity contribution in [2.75, 3.05) is 6.54 Å². The summed E-state index contributed by atoms with van der Waals surface area (Å²) in [5.74, 6) is -0.101. The average molecular weight is 403 g/mol. The molecule has 0 radical (unpaired) electrons. The van der Waals surface area contributed by atoms with E-state index < -0.39 is 10.0 Å². The predicted molar refractivity (Wildman–Crippen MR) is 107 cm³/mol. The Morgan fingerprint density at radius 3 is 2.33 bits per heavy atom. The molecule has 1 amide bonds. The summed E-state index contributed by atoms with van der Waals surface area (Å²) in [5, 5.41) is 8.65. The van der Waals surface area contributed by atoms with Crippen LogP contribution in [0.1, 0.15) is 17.5 Å². The molecule has 140 valence electrons. The van der Waals surface area contributed by atoms with Crippen molar-refractivity contribution >= 4 is 33.1 Å². The number of primary sulfonamides is 1. The number of hydrogen-bond donors (Lipinski definition) is 2. The van der Waals surface area contributed by atoms with Crippen molar-refractivity contribution in [3.8, 4) is 0 Å². The van der Waals surface area contributed by atoms with Crippen LogP contribution in [0.15, 0.2) is 71.2 Å². The van der Waals surface area contributed by atoms with Gasteiger partial charge in [-0.05, 0) is 47.4 Å². The largest absolute Gasteiger partial charge is 0.352 e. The van der Waals surface area contributed by atoms with Crippen LogP contribution in [0.4, 0.5) is 0 Å². The first kappa shape index (κ1) is 19.4. The van der Waals surface area contributed by atoms with Crippen molar-refractivity contribution in [3.05, 3.63) is 82.4 Å². The lowest BCUT2D eigenvalue weighted by atomic mass is 10.0. The van der Waals surface area contributed by atoms with Crippen molar-refractivity contribution in [1.82, 2.24) is 5.32 Å². The Kier molecular flexibility index (Phi) is 5.79. The van der Waals surface area contributed by atoms with E-state index in [1.54, 1.807) is 12.1 Å². The number of nitrogens with two attached hydrogens (primary N) is 1. The van der Waals surface area contributed by atoms with Gasteiger partial charge in [-0.1, -0.05) is 48.0 Å². The van der Waals surface area contributed by atoms with E-state index in [-0.39, 0.29) is 10.8 Å². The number of allylic oxidation sites excluding steroid dienone is 3. The van der Waals surface area contributed by atoms with Crippen LogP contribution in [0.25, 0.3) is 5.57 Å². The van der Waals surface area contributed by atoms with Crippen LogP contribution in [0.5, 0.6) is 0 Å². The first-order valence-electron chi connectivity index (χ1n) is 8.38. The molecule has 3 N–H and O–H groups in total. The fourth-order valence-electron chi connectivity index (χ4n) is 2.82. The van der Waals surface area contributed by atoms with Crippen LogP contribution in [-0.2, 0) is 21.2 Å². The molecule has 0 spiro atoms. The number of carbonyl (C=O) groups is 1. The molecule has 0 heterocycles. The topological polar surface area (TPSA) is 89.3 Å². The maximum Gasteiger partial charge on any atom is 0.247 e. The van der Waals surface area contributed by atoms with Gasteiger partial charge < -0.3 is 5.32 Å². The molecule has 0 aliphatic heterocycles. The van der Waals surface area contributed by atoms with Crippen molar-refractivity contribution in [2.45, 2.75) is 17.7 Å². The Labute approximate surface area is 163 Å². The number of nitrogens with one attached hydrogen (secondary N) is 1. The quantitative estimate of drug-likeness (QED) is 0.778. The minimum Gasteiger partial charge on any atom is -0.352 e. The van der Waals surface area contributed by atoms with Crippen molar-refractivity contribution in [2.24, 2.45) is 5.14 Å². The van der Waals surface area contributed by atoms with Crippen LogP contribution in [-0.4, -0.2) is 20.9 Å². The third-order valence-electron chi connectivity index (χ3n) is 4.32. The van der Waals surface area contributed by atoms with Gasteiger partial charge in [0, 0.05) is 23.6 Å². The summed E-state index contributed by atoms with van der Waals surface area (Å²) < 4.78 is 22.5. The van der Waals surface area contributed by atoms with E-state index in [0.717, 1.165) is 16.7 Å². The second-order valence-electron chi connectivity index (χ2n) is 6.26. The summed E-state index contributed by atoms with van der Waals surface area (Å²) in [6.45, 7) is 0.459. The SMILES string of the molecule is NS(=O)(=O)c1ccc(CCNC(=O)C2=CC=C(c3ccc(Cl)cc3)C2)cc1. The smallest absolute Gasteiger partial charge is 0.247 e. The third-order valence-corrected chi connectivity index (χ3v) is 5.51. The van der Waals surface area contributed by atoms with Gasteiger partial charge in [0.1, 0.15) is 0 Å². The highest BCUT2D eigenvalue weighted by Gasteiger charge is 2.16. The van der Waals surface area contributed by atoms with E-state index in [9.17, 15) is 13.2 Å². The molecule has 0 saturated heterocycles. The van der Waals surface area contributed by atoms with Gasteiger partial charge in [-0.2, -0.15) is 0 Å². The minimum absolute atomic E-state index is 0.0761. The molecule has 0 unspecified atom stereocenters. The molecule has 0 saturated carbocycles. The summed E-state index contributed by atoms with van der Waals surface area (Å²) in [5.41, 5.74) is 3.76. The van der Waals surface area contributed by atoms with E-state index in [2.05, 4.69) is 5.32 Å². The molecule has 0 aromatic heterocycles.